The highest BCUT2D eigenvalue weighted by atomic mass is 16.4. The van der Waals surface area contributed by atoms with Gasteiger partial charge in [-0.25, -0.2) is 0 Å². The topological polar surface area (TPSA) is 194 Å². The number of nitrogens with one attached hydrogen (secondary N) is 3. The molecule has 1 aliphatic heterocycles. The van der Waals surface area contributed by atoms with Gasteiger partial charge >= 0.3 is 11.9 Å². The van der Waals surface area contributed by atoms with Gasteiger partial charge in [-0.2, -0.15) is 0 Å². The summed E-state index contributed by atoms with van der Waals surface area (Å²) in [7, 11) is 0. The third-order valence-corrected chi connectivity index (χ3v) is 11.7. The minimum Gasteiger partial charge on any atom is -0.480 e. The average molecular weight is 775 g/mol. The molecule has 6 N–H and O–H groups in total. The van der Waals surface area contributed by atoms with Crippen molar-refractivity contribution >= 4 is 35.1 Å². The molecule has 2 aromatic carbocycles. The van der Waals surface area contributed by atoms with Gasteiger partial charge in [-0.1, -0.05) is 30.7 Å². The van der Waals surface area contributed by atoms with E-state index in [1.54, 1.807) is 18.5 Å². The van der Waals surface area contributed by atoms with Crippen LogP contribution in [0.2, 0.25) is 0 Å². The number of nitrogens with zero attached hydrogens (tertiary/aromatic N) is 3. The number of aliphatic hydroxyl groups is 1. The lowest BCUT2D eigenvalue weighted by atomic mass is 9.94. The van der Waals surface area contributed by atoms with Gasteiger partial charge in [0.15, 0.2) is 0 Å². The maximum Gasteiger partial charge on any atom is 0.326 e. The van der Waals surface area contributed by atoms with Gasteiger partial charge in [-0.3, -0.25) is 39.4 Å². The Morgan fingerprint density at radius 2 is 1.30 bits per heavy atom. The highest BCUT2D eigenvalue weighted by molar-refractivity contribution is 6.05. The SMILES string of the molecule is Cc1c(NC(=O)c2cc(C3CC3)c(CN[C@](C)(CO)C(=O)O)cn2)cccc1-c1cccc(NC(=O)c2cc(C3CC3)c(CN3CCCC[C@H]3C(=O)O)cn2)c1C. The van der Waals surface area contributed by atoms with Gasteiger partial charge in [-0.05, 0) is 146 Å². The number of piperidine rings is 1. The molecule has 0 unspecified atom stereocenters. The molecule has 57 heavy (non-hydrogen) atoms. The first-order chi connectivity index (χ1) is 27.4. The zero-order valence-electron chi connectivity index (χ0n) is 32.6. The number of pyridine rings is 2. The Labute approximate surface area is 331 Å². The summed E-state index contributed by atoms with van der Waals surface area (Å²) in [5.74, 6) is -2.05. The van der Waals surface area contributed by atoms with Crippen molar-refractivity contribution in [3.63, 3.8) is 0 Å². The summed E-state index contributed by atoms with van der Waals surface area (Å²) in [6, 6.07) is 14.5. The number of carboxylic acid groups (broad SMARTS) is 2. The summed E-state index contributed by atoms with van der Waals surface area (Å²) in [6.45, 7) is 6.14. The third-order valence-electron chi connectivity index (χ3n) is 11.7. The molecule has 2 saturated carbocycles. The summed E-state index contributed by atoms with van der Waals surface area (Å²) in [5, 5.41) is 38.0. The van der Waals surface area contributed by atoms with E-state index in [0.29, 0.717) is 36.0 Å². The van der Waals surface area contributed by atoms with Crippen LogP contribution in [0.4, 0.5) is 11.4 Å². The van der Waals surface area contributed by atoms with Crippen LogP contribution < -0.4 is 16.0 Å². The molecule has 3 fully saturated rings. The number of anilines is 2. The molecule has 4 aromatic rings. The summed E-state index contributed by atoms with van der Waals surface area (Å²) in [4.78, 5) is 61.9. The van der Waals surface area contributed by atoms with Crippen molar-refractivity contribution in [2.75, 3.05) is 23.8 Å². The number of hydrogen-bond donors (Lipinski definition) is 6. The zero-order valence-corrected chi connectivity index (χ0v) is 32.6. The Morgan fingerprint density at radius 3 is 1.79 bits per heavy atom. The van der Waals surface area contributed by atoms with Crippen LogP contribution >= 0.6 is 0 Å². The van der Waals surface area contributed by atoms with E-state index in [1.807, 2.05) is 61.2 Å². The first-order valence-corrected chi connectivity index (χ1v) is 19.7. The highest BCUT2D eigenvalue weighted by Gasteiger charge is 2.34. The molecule has 298 valence electrons. The third kappa shape index (κ3) is 8.75. The Bertz CT molecular complexity index is 2220. The van der Waals surface area contributed by atoms with E-state index in [9.17, 15) is 34.5 Å². The fourth-order valence-corrected chi connectivity index (χ4v) is 7.74. The molecule has 3 heterocycles. The van der Waals surface area contributed by atoms with Crippen LogP contribution in [0.3, 0.4) is 0 Å². The molecule has 7 rings (SSSR count). The van der Waals surface area contributed by atoms with Crippen molar-refractivity contribution < 1.29 is 34.5 Å². The van der Waals surface area contributed by atoms with Gasteiger partial charge in [0.2, 0.25) is 0 Å². The standard InChI is InChI=1S/C44H50N6O7/c1-25-31(8-6-10-35(25)48-40(52)37-18-33(27-13-14-27)29(20-45-37)22-47-44(3,24-51)43(56)57)32-9-7-11-36(26(32)2)49-41(53)38-19-34(28-15-16-28)30(21-46-38)23-50-17-5-4-12-39(50)42(54)55/h6-11,18-21,27-28,39,47,51H,4-5,12-17,22-24H2,1-3H3,(H,48,52)(H,49,53)(H,54,55)(H,56,57)/t39-,44+/m0/s1. The molecule has 2 aromatic heterocycles. The van der Waals surface area contributed by atoms with Gasteiger partial charge in [0.05, 0.1) is 6.61 Å². The lowest BCUT2D eigenvalue weighted by Gasteiger charge is -2.33. The van der Waals surface area contributed by atoms with Crippen molar-refractivity contribution in [1.82, 2.24) is 20.2 Å². The molecule has 0 radical (unpaired) electrons. The average Bonchev–Trinajstić information content (AvgIpc) is 4.14. The van der Waals surface area contributed by atoms with Crippen molar-refractivity contribution in [1.29, 1.82) is 0 Å². The number of carbonyl (C=O) groups excluding carboxylic acids is 2. The zero-order chi connectivity index (χ0) is 40.4. The Kier molecular flexibility index (Phi) is 11.5. The second-order valence-corrected chi connectivity index (χ2v) is 15.9. The number of aromatic nitrogens is 2. The first-order valence-electron chi connectivity index (χ1n) is 19.7. The summed E-state index contributed by atoms with van der Waals surface area (Å²) < 4.78 is 0. The number of benzene rings is 2. The van der Waals surface area contributed by atoms with Crippen molar-refractivity contribution in [2.45, 2.75) is 102 Å². The molecular weight excluding hydrogens is 725 g/mol. The van der Waals surface area contributed by atoms with Gasteiger partial charge in [0, 0.05) is 36.9 Å². The minimum absolute atomic E-state index is 0.184. The normalized spacial score (nSPS) is 18.1. The van der Waals surface area contributed by atoms with Crippen LogP contribution in [-0.2, 0) is 22.7 Å². The van der Waals surface area contributed by atoms with Crippen LogP contribution in [0, 0.1) is 13.8 Å². The minimum atomic E-state index is -1.50. The van der Waals surface area contributed by atoms with E-state index in [1.165, 1.54) is 6.92 Å². The van der Waals surface area contributed by atoms with Crippen molar-refractivity contribution in [3.05, 3.63) is 106 Å². The molecule has 13 nitrogen and oxygen atoms in total. The maximum atomic E-state index is 13.7. The van der Waals surface area contributed by atoms with Gasteiger partial charge < -0.3 is 26.0 Å². The Balaban J connectivity index is 1.06. The van der Waals surface area contributed by atoms with E-state index >= 15 is 0 Å². The van der Waals surface area contributed by atoms with E-state index in [4.69, 9.17) is 0 Å². The summed E-state index contributed by atoms with van der Waals surface area (Å²) in [6.07, 6.45) is 9.85. The van der Waals surface area contributed by atoms with Crippen LogP contribution in [-0.4, -0.2) is 78.7 Å². The molecular formula is C44H50N6O7. The monoisotopic (exact) mass is 774 g/mol. The largest absolute Gasteiger partial charge is 0.480 e. The van der Waals surface area contributed by atoms with E-state index < -0.39 is 30.1 Å². The number of carboxylic acids is 2. The van der Waals surface area contributed by atoms with Crippen LogP contribution in [0.25, 0.3) is 11.1 Å². The molecule has 2 aliphatic carbocycles. The number of hydrogen-bond acceptors (Lipinski definition) is 9. The number of aliphatic hydroxyl groups excluding tert-OH is 1. The first kappa shape index (κ1) is 39.7. The highest BCUT2D eigenvalue weighted by Crippen LogP contribution is 2.43. The lowest BCUT2D eigenvalue weighted by Crippen LogP contribution is -2.52. The van der Waals surface area contributed by atoms with Crippen LogP contribution in [0.5, 0.6) is 0 Å². The van der Waals surface area contributed by atoms with Gasteiger partial charge in [-0.15, -0.1) is 0 Å². The van der Waals surface area contributed by atoms with Gasteiger partial charge in [0.25, 0.3) is 11.8 Å². The predicted molar refractivity (Wildman–Crippen MR) is 215 cm³/mol. The van der Waals surface area contributed by atoms with Crippen LogP contribution in [0.1, 0.15) is 118 Å². The number of aliphatic carboxylic acids is 2. The van der Waals surface area contributed by atoms with E-state index in [-0.39, 0.29) is 30.0 Å². The number of carbonyl (C=O) groups is 4. The molecule has 1 saturated heterocycles. The maximum absolute atomic E-state index is 13.7. The summed E-state index contributed by atoms with van der Waals surface area (Å²) in [5.41, 5.74) is 7.54. The molecule has 3 aliphatic rings. The van der Waals surface area contributed by atoms with E-state index in [0.717, 1.165) is 89.6 Å². The predicted octanol–water partition coefficient (Wildman–Crippen LogP) is 6.38. The lowest BCUT2D eigenvalue weighted by molar-refractivity contribution is -0.146. The fourth-order valence-electron chi connectivity index (χ4n) is 7.74. The molecule has 2 atom stereocenters. The van der Waals surface area contributed by atoms with Crippen molar-refractivity contribution in [2.24, 2.45) is 0 Å². The van der Waals surface area contributed by atoms with Crippen molar-refractivity contribution in [3.8, 4) is 11.1 Å². The second kappa shape index (κ2) is 16.5. The van der Waals surface area contributed by atoms with E-state index in [2.05, 4.69) is 25.9 Å². The second-order valence-electron chi connectivity index (χ2n) is 15.9. The molecule has 2 amide bonds. The molecule has 13 heteroatoms. The van der Waals surface area contributed by atoms with Gasteiger partial charge in [0.1, 0.15) is 23.0 Å². The smallest absolute Gasteiger partial charge is 0.326 e. The number of amides is 2. The number of rotatable bonds is 15. The molecule has 0 bridgehead atoms. The Hall–Kier alpha value is -5.50. The molecule has 0 spiro atoms. The summed E-state index contributed by atoms with van der Waals surface area (Å²) >= 11 is 0. The fraction of sp³-hybridized carbons (Fsp3) is 0.409. The number of likely N-dealkylation sites (tertiary alicyclic amines) is 1. The van der Waals surface area contributed by atoms with Crippen LogP contribution in [0.15, 0.2) is 60.9 Å². The quantitative estimate of drug-likeness (QED) is 0.0785. The Morgan fingerprint density at radius 1 is 0.772 bits per heavy atom.